The number of benzene rings is 2. The summed E-state index contributed by atoms with van der Waals surface area (Å²) >= 11 is 0. The molecule has 3 rings (SSSR count). The minimum atomic E-state index is -0.500. The third kappa shape index (κ3) is 4.17. The van der Waals surface area contributed by atoms with Crippen molar-refractivity contribution in [3.63, 3.8) is 0 Å². The van der Waals surface area contributed by atoms with Gasteiger partial charge in [0.25, 0.3) is 5.91 Å². The number of amides is 1. The van der Waals surface area contributed by atoms with Crippen molar-refractivity contribution in [2.45, 2.75) is 32.9 Å². The number of nitrogens with one attached hydrogen (secondary N) is 1. The first-order chi connectivity index (χ1) is 12.5. The minimum absolute atomic E-state index is 0.0651. The van der Waals surface area contributed by atoms with Gasteiger partial charge in [-0.3, -0.25) is 4.79 Å². The third-order valence-corrected chi connectivity index (χ3v) is 4.46. The van der Waals surface area contributed by atoms with E-state index >= 15 is 0 Å². The fourth-order valence-electron chi connectivity index (χ4n) is 2.96. The highest BCUT2D eigenvalue weighted by Crippen LogP contribution is 2.20. The van der Waals surface area contributed by atoms with E-state index in [0.717, 1.165) is 17.0 Å². The molecule has 0 aliphatic heterocycles. The largest absolute Gasteiger partial charge is 0.345 e. The summed E-state index contributed by atoms with van der Waals surface area (Å²) in [5.41, 5.74) is 1.84. The summed E-state index contributed by atoms with van der Waals surface area (Å²) in [7, 11) is 0. The van der Waals surface area contributed by atoms with E-state index in [1.54, 1.807) is 19.2 Å². The van der Waals surface area contributed by atoms with Gasteiger partial charge in [0.2, 0.25) is 0 Å². The Morgan fingerprint density at radius 3 is 2.62 bits per heavy atom. The molecule has 0 saturated carbocycles. The van der Waals surface area contributed by atoms with Gasteiger partial charge in [-0.2, -0.15) is 0 Å². The van der Waals surface area contributed by atoms with Crippen LogP contribution in [0.5, 0.6) is 0 Å². The number of halogens is 1. The molecular formula is C21H22FN3O. The van der Waals surface area contributed by atoms with E-state index in [9.17, 15) is 9.18 Å². The molecule has 2 aromatic carbocycles. The molecule has 5 heteroatoms. The lowest BCUT2D eigenvalue weighted by atomic mass is 10.0. The van der Waals surface area contributed by atoms with E-state index < -0.39 is 11.7 Å². The highest BCUT2D eigenvalue weighted by atomic mass is 19.1. The van der Waals surface area contributed by atoms with Gasteiger partial charge in [0.1, 0.15) is 11.6 Å². The van der Waals surface area contributed by atoms with E-state index in [1.165, 1.54) is 12.1 Å². The number of rotatable bonds is 6. The van der Waals surface area contributed by atoms with Crippen LogP contribution in [0.4, 0.5) is 4.39 Å². The normalized spacial score (nSPS) is 12.0. The first-order valence-electron chi connectivity index (χ1n) is 8.64. The standard InChI is InChI=1S/C21H22FN3O/c1-15-8-9-18(19(22)14-15)21(26)24-20(17-6-4-3-5-7-17)10-12-25-13-11-23-16(25)2/h3-9,11,13-14,20H,10,12H2,1-2H3,(H,24,26). The Morgan fingerprint density at radius 2 is 1.96 bits per heavy atom. The van der Waals surface area contributed by atoms with Crippen molar-refractivity contribution in [3.05, 3.63) is 89.3 Å². The highest BCUT2D eigenvalue weighted by Gasteiger charge is 2.18. The van der Waals surface area contributed by atoms with Crippen LogP contribution in [0.3, 0.4) is 0 Å². The molecule has 1 atom stereocenters. The summed E-state index contributed by atoms with van der Waals surface area (Å²) in [6.45, 7) is 4.45. The fourth-order valence-corrected chi connectivity index (χ4v) is 2.96. The topological polar surface area (TPSA) is 46.9 Å². The maximum Gasteiger partial charge on any atom is 0.254 e. The maximum atomic E-state index is 14.1. The van der Waals surface area contributed by atoms with E-state index in [0.29, 0.717) is 13.0 Å². The molecule has 1 heterocycles. The summed E-state index contributed by atoms with van der Waals surface area (Å²) < 4.78 is 16.2. The van der Waals surface area contributed by atoms with Gasteiger partial charge in [0.05, 0.1) is 11.6 Å². The molecule has 1 amide bonds. The fraction of sp³-hybridized carbons (Fsp3) is 0.238. The Bertz CT molecular complexity index is 889. The Morgan fingerprint density at radius 1 is 1.19 bits per heavy atom. The first-order valence-corrected chi connectivity index (χ1v) is 8.64. The summed E-state index contributed by atoms with van der Waals surface area (Å²) in [6, 6.07) is 14.2. The van der Waals surface area contributed by atoms with E-state index in [-0.39, 0.29) is 11.6 Å². The number of aromatic nitrogens is 2. The van der Waals surface area contributed by atoms with Crippen molar-refractivity contribution in [2.24, 2.45) is 0 Å². The second-order valence-electron chi connectivity index (χ2n) is 6.38. The van der Waals surface area contributed by atoms with Crippen LogP contribution < -0.4 is 5.32 Å². The van der Waals surface area contributed by atoms with Crippen molar-refractivity contribution < 1.29 is 9.18 Å². The van der Waals surface area contributed by atoms with Gasteiger partial charge in [-0.05, 0) is 43.5 Å². The third-order valence-electron chi connectivity index (χ3n) is 4.46. The van der Waals surface area contributed by atoms with Gasteiger partial charge in [0.15, 0.2) is 0 Å². The number of nitrogens with zero attached hydrogens (tertiary/aromatic N) is 2. The van der Waals surface area contributed by atoms with Crippen molar-refractivity contribution in [1.29, 1.82) is 0 Å². The van der Waals surface area contributed by atoms with Crippen LogP contribution in [-0.4, -0.2) is 15.5 Å². The van der Waals surface area contributed by atoms with Gasteiger partial charge >= 0.3 is 0 Å². The van der Waals surface area contributed by atoms with Crippen LogP contribution in [0.2, 0.25) is 0 Å². The van der Waals surface area contributed by atoms with Crippen molar-refractivity contribution in [2.75, 3.05) is 0 Å². The van der Waals surface area contributed by atoms with Crippen LogP contribution >= 0.6 is 0 Å². The van der Waals surface area contributed by atoms with Gasteiger partial charge in [-0.1, -0.05) is 36.4 Å². The summed E-state index contributed by atoms with van der Waals surface area (Å²) in [5.74, 6) is 0.0196. The lowest BCUT2D eigenvalue weighted by Crippen LogP contribution is -2.30. The molecule has 134 valence electrons. The van der Waals surface area contributed by atoms with E-state index in [4.69, 9.17) is 0 Å². The molecular weight excluding hydrogens is 329 g/mol. The number of aryl methyl sites for hydroxylation is 3. The summed E-state index contributed by atoms with van der Waals surface area (Å²) in [4.78, 5) is 16.8. The van der Waals surface area contributed by atoms with Crippen LogP contribution in [0.25, 0.3) is 0 Å². The van der Waals surface area contributed by atoms with Crippen molar-refractivity contribution in [3.8, 4) is 0 Å². The van der Waals surface area contributed by atoms with Gasteiger partial charge in [-0.25, -0.2) is 9.37 Å². The zero-order chi connectivity index (χ0) is 18.5. The quantitative estimate of drug-likeness (QED) is 0.723. The Hall–Kier alpha value is -2.95. The van der Waals surface area contributed by atoms with E-state index in [1.807, 2.05) is 48.0 Å². The monoisotopic (exact) mass is 351 g/mol. The van der Waals surface area contributed by atoms with Crippen LogP contribution in [0.15, 0.2) is 60.9 Å². The average molecular weight is 351 g/mol. The summed E-state index contributed by atoms with van der Waals surface area (Å²) in [5, 5.41) is 2.98. The molecule has 0 aliphatic carbocycles. The summed E-state index contributed by atoms with van der Waals surface area (Å²) in [6.07, 6.45) is 4.35. The number of imidazole rings is 1. The molecule has 1 unspecified atom stereocenters. The molecule has 0 aliphatic rings. The molecule has 0 radical (unpaired) electrons. The second kappa shape index (κ2) is 7.95. The van der Waals surface area contributed by atoms with Gasteiger partial charge in [-0.15, -0.1) is 0 Å². The number of carbonyl (C=O) groups is 1. The minimum Gasteiger partial charge on any atom is -0.345 e. The Kier molecular flexibility index (Phi) is 5.46. The molecule has 4 nitrogen and oxygen atoms in total. The van der Waals surface area contributed by atoms with Crippen molar-refractivity contribution >= 4 is 5.91 Å². The van der Waals surface area contributed by atoms with E-state index in [2.05, 4.69) is 10.3 Å². The zero-order valence-corrected chi connectivity index (χ0v) is 14.9. The molecule has 0 bridgehead atoms. The van der Waals surface area contributed by atoms with Crippen LogP contribution in [-0.2, 0) is 6.54 Å². The van der Waals surface area contributed by atoms with Gasteiger partial charge in [0, 0.05) is 18.9 Å². The zero-order valence-electron chi connectivity index (χ0n) is 14.9. The molecule has 1 aromatic heterocycles. The molecule has 3 aromatic rings. The van der Waals surface area contributed by atoms with Crippen LogP contribution in [0, 0.1) is 19.7 Å². The maximum absolute atomic E-state index is 14.1. The van der Waals surface area contributed by atoms with Crippen molar-refractivity contribution in [1.82, 2.24) is 14.9 Å². The van der Waals surface area contributed by atoms with Crippen LogP contribution in [0.1, 0.15) is 39.8 Å². The first kappa shape index (κ1) is 17.9. The number of hydrogen-bond donors (Lipinski definition) is 1. The molecule has 0 fully saturated rings. The van der Waals surface area contributed by atoms with Gasteiger partial charge < -0.3 is 9.88 Å². The second-order valence-corrected chi connectivity index (χ2v) is 6.38. The Balaban J connectivity index is 1.79. The molecule has 0 saturated heterocycles. The molecule has 0 spiro atoms. The lowest BCUT2D eigenvalue weighted by molar-refractivity contribution is 0.0929. The molecule has 1 N–H and O–H groups in total. The average Bonchev–Trinajstić information content (AvgIpc) is 3.04. The Labute approximate surface area is 152 Å². The SMILES string of the molecule is Cc1ccc(C(=O)NC(CCn2ccnc2C)c2ccccc2)c(F)c1. The predicted octanol–water partition coefficient (Wildman–Crippen LogP) is 4.20. The molecule has 26 heavy (non-hydrogen) atoms. The number of hydrogen-bond acceptors (Lipinski definition) is 2. The lowest BCUT2D eigenvalue weighted by Gasteiger charge is -2.20. The smallest absolute Gasteiger partial charge is 0.254 e. The number of carbonyl (C=O) groups excluding carboxylic acids is 1. The highest BCUT2D eigenvalue weighted by molar-refractivity contribution is 5.94. The predicted molar refractivity (Wildman–Crippen MR) is 99.4 cm³/mol.